The first-order chi connectivity index (χ1) is 14.2. The molecule has 1 heterocycles. The van der Waals surface area contributed by atoms with Crippen LogP contribution in [0.2, 0.25) is 0 Å². The highest BCUT2D eigenvalue weighted by Crippen LogP contribution is 2.39. The number of methoxy groups -OCH3 is 3. The summed E-state index contributed by atoms with van der Waals surface area (Å²) in [4.78, 5) is 16.3. The zero-order chi connectivity index (χ0) is 21.9. The molecule has 0 saturated heterocycles. The molecule has 7 nitrogen and oxygen atoms in total. The molecule has 1 aliphatic rings. The maximum Gasteiger partial charge on any atom is 0.573 e. The zero-order valence-electron chi connectivity index (χ0n) is 16.1. The molecule has 10 heteroatoms. The number of esters is 1. The Morgan fingerprint density at radius 1 is 0.967 bits per heavy atom. The summed E-state index contributed by atoms with van der Waals surface area (Å²) >= 11 is 0. The van der Waals surface area contributed by atoms with Gasteiger partial charge in [-0.3, -0.25) is 0 Å². The van der Waals surface area contributed by atoms with E-state index in [0.29, 0.717) is 28.4 Å². The molecule has 0 radical (unpaired) electrons. The van der Waals surface area contributed by atoms with E-state index in [1.807, 2.05) is 0 Å². The smallest absolute Gasteiger partial charge is 0.493 e. The van der Waals surface area contributed by atoms with Crippen LogP contribution in [0, 0.1) is 0 Å². The minimum Gasteiger partial charge on any atom is -0.493 e. The van der Waals surface area contributed by atoms with Crippen molar-refractivity contribution in [2.24, 2.45) is 4.99 Å². The standard InChI is InChI=1S/C20H16F3NO6/c1-26-15-9-12(10-16(27-2)17(15)28-3)18-24-14(19(25)29-18)8-11-4-6-13(7-5-11)30-20(21,22)23/h4-10H,1-3H3. The number of carbonyl (C=O) groups excluding carboxylic acids is 1. The fourth-order valence-corrected chi connectivity index (χ4v) is 2.66. The average molecular weight is 423 g/mol. The van der Waals surface area contributed by atoms with Crippen molar-refractivity contribution in [3.63, 3.8) is 0 Å². The third kappa shape index (κ3) is 4.65. The first kappa shape index (κ1) is 21.0. The molecular weight excluding hydrogens is 407 g/mol. The van der Waals surface area contributed by atoms with Gasteiger partial charge in [0.25, 0.3) is 0 Å². The lowest BCUT2D eigenvalue weighted by molar-refractivity contribution is -0.274. The van der Waals surface area contributed by atoms with Gasteiger partial charge in [-0.2, -0.15) is 0 Å². The second-order valence-electron chi connectivity index (χ2n) is 5.87. The van der Waals surface area contributed by atoms with Crippen molar-refractivity contribution < 1.29 is 41.7 Å². The fourth-order valence-electron chi connectivity index (χ4n) is 2.66. The summed E-state index contributed by atoms with van der Waals surface area (Å²) in [6.07, 6.45) is -3.40. The van der Waals surface area contributed by atoms with E-state index in [-0.39, 0.29) is 17.3 Å². The molecule has 30 heavy (non-hydrogen) atoms. The van der Waals surface area contributed by atoms with Crippen molar-refractivity contribution in [2.75, 3.05) is 21.3 Å². The van der Waals surface area contributed by atoms with E-state index in [0.717, 1.165) is 12.1 Å². The number of hydrogen-bond acceptors (Lipinski definition) is 7. The van der Waals surface area contributed by atoms with Gasteiger partial charge >= 0.3 is 12.3 Å². The molecule has 3 rings (SSSR count). The van der Waals surface area contributed by atoms with E-state index in [4.69, 9.17) is 18.9 Å². The molecule has 0 atom stereocenters. The van der Waals surface area contributed by atoms with Gasteiger partial charge in [0.05, 0.1) is 21.3 Å². The van der Waals surface area contributed by atoms with E-state index in [9.17, 15) is 18.0 Å². The number of nitrogens with zero attached hydrogens (tertiary/aromatic N) is 1. The predicted molar refractivity (Wildman–Crippen MR) is 99.8 cm³/mol. The molecule has 2 aromatic rings. The molecule has 0 unspecified atom stereocenters. The van der Waals surface area contributed by atoms with E-state index in [1.54, 1.807) is 12.1 Å². The number of ether oxygens (including phenoxy) is 5. The minimum absolute atomic E-state index is 0.0162. The van der Waals surface area contributed by atoms with Crippen LogP contribution in [-0.4, -0.2) is 39.6 Å². The van der Waals surface area contributed by atoms with Crippen molar-refractivity contribution in [1.29, 1.82) is 0 Å². The first-order valence-corrected chi connectivity index (χ1v) is 8.43. The maximum atomic E-state index is 12.2. The SMILES string of the molecule is COc1cc(C2=NC(=Cc3ccc(OC(F)(F)F)cc3)C(=O)O2)cc(OC)c1OC. The Kier molecular flexibility index (Phi) is 5.86. The number of hydrogen-bond donors (Lipinski definition) is 0. The van der Waals surface area contributed by atoms with Crippen molar-refractivity contribution in [3.8, 4) is 23.0 Å². The molecule has 158 valence electrons. The number of rotatable bonds is 6. The van der Waals surface area contributed by atoms with Gasteiger partial charge in [-0.25, -0.2) is 9.79 Å². The average Bonchev–Trinajstić information content (AvgIpc) is 3.07. The van der Waals surface area contributed by atoms with Crippen LogP contribution in [0.5, 0.6) is 23.0 Å². The van der Waals surface area contributed by atoms with Gasteiger partial charge in [0, 0.05) is 5.56 Å². The lowest BCUT2D eigenvalue weighted by Gasteiger charge is -2.13. The van der Waals surface area contributed by atoms with Gasteiger partial charge in [0.15, 0.2) is 17.2 Å². The molecule has 1 aliphatic heterocycles. The van der Waals surface area contributed by atoms with E-state index in [1.165, 1.54) is 39.5 Å². The zero-order valence-corrected chi connectivity index (χ0v) is 16.1. The molecule has 2 aromatic carbocycles. The van der Waals surface area contributed by atoms with Crippen LogP contribution in [0.15, 0.2) is 47.1 Å². The van der Waals surface area contributed by atoms with Crippen LogP contribution in [0.4, 0.5) is 13.2 Å². The summed E-state index contributed by atoms with van der Waals surface area (Å²) in [6, 6.07) is 8.11. The topological polar surface area (TPSA) is 75.6 Å². The van der Waals surface area contributed by atoms with Gasteiger partial charge in [-0.1, -0.05) is 12.1 Å². The van der Waals surface area contributed by atoms with Crippen LogP contribution < -0.4 is 18.9 Å². The molecule has 0 spiro atoms. The summed E-state index contributed by atoms with van der Waals surface area (Å²) in [5.74, 6) is -0.00525. The van der Waals surface area contributed by atoms with Gasteiger partial charge < -0.3 is 23.7 Å². The normalized spacial score (nSPS) is 14.9. The van der Waals surface area contributed by atoms with Crippen LogP contribution >= 0.6 is 0 Å². The van der Waals surface area contributed by atoms with Gasteiger partial charge in [0.1, 0.15) is 5.75 Å². The lowest BCUT2D eigenvalue weighted by atomic mass is 10.1. The van der Waals surface area contributed by atoms with E-state index >= 15 is 0 Å². The Balaban J connectivity index is 1.89. The van der Waals surface area contributed by atoms with Gasteiger partial charge in [-0.15, -0.1) is 13.2 Å². The van der Waals surface area contributed by atoms with Crippen molar-refractivity contribution >= 4 is 17.9 Å². The molecule has 0 aromatic heterocycles. The van der Waals surface area contributed by atoms with Gasteiger partial charge in [0.2, 0.25) is 11.6 Å². The highest BCUT2D eigenvalue weighted by atomic mass is 19.4. The van der Waals surface area contributed by atoms with Crippen molar-refractivity contribution in [1.82, 2.24) is 0 Å². The summed E-state index contributed by atoms with van der Waals surface area (Å²) < 4.78 is 61.5. The number of cyclic esters (lactones) is 1. The fraction of sp³-hybridized carbons (Fsp3) is 0.200. The van der Waals surface area contributed by atoms with Crippen LogP contribution in [0.1, 0.15) is 11.1 Å². The summed E-state index contributed by atoms with van der Waals surface area (Å²) in [5, 5.41) is 0. The van der Waals surface area contributed by atoms with Crippen LogP contribution in [0.25, 0.3) is 6.08 Å². The highest BCUT2D eigenvalue weighted by molar-refractivity contribution is 6.13. The second kappa shape index (κ2) is 8.36. The molecule has 0 amide bonds. The lowest BCUT2D eigenvalue weighted by Crippen LogP contribution is -2.16. The summed E-state index contributed by atoms with van der Waals surface area (Å²) in [6.45, 7) is 0. The Hall–Kier alpha value is -3.69. The van der Waals surface area contributed by atoms with Crippen molar-refractivity contribution in [2.45, 2.75) is 6.36 Å². The monoisotopic (exact) mass is 423 g/mol. The Morgan fingerprint density at radius 2 is 1.57 bits per heavy atom. The Morgan fingerprint density at radius 3 is 2.07 bits per heavy atom. The molecule has 0 N–H and O–H groups in total. The minimum atomic E-state index is -4.78. The van der Waals surface area contributed by atoms with Crippen molar-refractivity contribution in [3.05, 3.63) is 53.2 Å². The molecular formula is C20H16F3NO6. The highest BCUT2D eigenvalue weighted by Gasteiger charge is 2.31. The second-order valence-corrected chi connectivity index (χ2v) is 5.87. The number of halogens is 3. The van der Waals surface area contributed by atoms with Crippen LogP contribution in [-0.2, 0) is 9.53 Å². The maximum absolute atomic E-state index is 12.2. The number of aliphatic imine (C=N–C) groups is 1. The number of carbonyl (C=O) groups is 1. The third-order valence-corrected chi connectivity index (χ3v) is 3.95. The molecule has 0 bridgehead atoms. The number of benzene rings is 2. The summed E-state index contributed by atoms with van der Waals surface area (Å²) in [5.41, 5.74) is 0.824. The van der Waals surface area contributed by atoms with Crippen LogP contribution in [0.3, 0.4) is 0 Å². The summed E-state index contributed by atoms with van der Waals surface area (Å²) in [7, 11) is 4.35. The first-order valence-electron chi connectivity index (χ1n) is 8.43. The molecule has 0 saturated carbocycles. The van der Waals surface area contributed by atoms with E-state index < -0.39 is 12.3 Å². The Labute approximate surface area is 169 Å². The largest absolute Gasteiger partial charge is 0.573 e. The molecule has 0 fully saturated rings. The predicted octanol–water partition coefficient (Wildman–Crippen LogP) is 3.96. The Bertz CT molecular complexity index is 987. The quantitative estimate of drug-likeness (QED) is 0.517. The molecule has 0 aliphatic carbocycles. The van der Waals surface area contributed by atoms with Gasteiger partial charge in [-0.05, 0) is 35.9 Å². The number of alkyl halides is 3. The third-order valence-electron chi connectivity index (χ3n) is 3.95. The van der Waals surface area contributed by atoms with E-state index in [2.05, 4.69) is 9.73 Å².